The summed E-state index contributed by atoms with van der Waals surface area (Å²) in [5.74, 6) is 1.38. The molecule has 2 aromatic rings. The number of furan rings is 2. The summed E-state index contributed by atoms with van der Waals surface area (Å²) in [4.78, 5) is 23.9. The Kier molecular flexibility index (Phi) is 5.14. The molecular formula is C17H22N2O5. The maximum Gasteiger partial charge on any atom is 0.255 e. The van der Waals surface area contributed by atoms with Gasteiger partial charge in [-0.3, -0.25) is 9.59 Å². The SMILES string of the molecule is Cc1ccc(C(C)(O)CNC(=O)CNC(=O)c2cc(C)oc2C)o1. The average Bonchev–Trinajstić information content (AvgIpc) is 3.08. The zero-order valence-electron chi connectivity index (χ0n) is 14.2. The first kappa shape index (κ1) is 17.8. The van der Waals surface area contributed by atoms with Gasteiger partial charge in [0.15, 0.2) is 0 Å². The number of hydrogen-bond acceptors (Lipinski definition) is 5. The Morgan fingerprint density at radius 2 is 1.83 bits per heavy atom. The molecule has 0 saturated carbocycles. The smallest absolute Gasteiger partial charge is 0.255 e. The standard InChI is InChI=1S/C17H22N2O5/c1-10-5-6-14(24-10)17(4,22)9-19-15(20)8-18-16(21)13-7-11(2)23-12(13)3/h5-7,22H,8-9H2,1-4H3,(H,18,21)(H,19,20). The van der Waals surface area contributed by atoms with Crippen molar-refractivity contribution in [2.75, 3.05) is 13.1 Å². The van der Waals surface area contributed by atoms with Crippen LogP contribution < -0.4 is 10.6 Å². The summed E-state index contributed by atoms with van der Waals surface area (Å²) in [5.41, 5.74) is -0.926. The topological polar surface area (TPSA) is 105 Å². The first-order valence-corrected chi connectivity index (χ1v) is 7.60. The highest BCUT2D eigenvalue weighted by molar-refractivity contribution is 5.97. The van der Waals surface area contributed by atoms with Gasteiger partial charge in [0, 0.05) is 0 Å². The lowest BCUT2D eigenvalue weighted by Crippen LogP contribution is -2.43. The quantitative estimate of drug-likeness (QED) is 0.743. The van der Waals surface area contributed by atoms with Crippen molar-refractivity contribution in [2.24, 2.45) is 0 Å². The van der Waals surface area contributed by atoms with Gasteiger partial charge in [0.2, 0.25) is 5.91 Å². The van der Waals surface area contributed by atoms with Crippen molar-refractivity contribution in [2.45, 2.75) is 33.3 Å². The number of aliphatic hydroxyl groups is 1. The molecule has 1 atom stereocenters. The van der Waals surface area contributed by atoms with Crippen molar-refractivity contribution in [3.05, 3.63) is 46.8 Å². The Bertz CT molecular complexity index is 742. The minimum Gasteiger partial charge on any atom is -0.466 e. The van der Waals surface area contributed by atoms with Gasteiger partial charge in [0.05, 0.1) is 18.7 Å². The molecule has 3 N–H and O–H groups in total. The van der Waals surface area contributed by atoms with Gasteiger partial charge in [0.1, 0.15) is 28.6 Å². The van der Waals surface area contributed by atoms with E-state index in [0.717, 1.165) is 0 Å². The van der Waals surface area contributed by atoms with Crippen molar-refractivity contribution in [1.29, 1.82) is 0 Å². The highest BCUT2D eigenvalue weighted by atomic mass is 16.4. The van der Waals surface area contributed by atoms with Crippen molar-refractivity contribution in [3.8, 4) is 0 Å². The molecule has 130 valence electrons. The van der Waals surface area contributed by atoms with Crippen LogP contribution in [0.25, 0.3) is 0 Å². The molecule has 0 aromatic carbocycles. The maximum absolute atomic E-state index is 12.0. The van der Waals surface area contributed by atoms with Crippen LogP contribution in [0.3, 0.4) is 0 Å². The van der Waals surface area contributed by atoms with Crippen molar-refractivity contribution < 1.29 is 23.5 Å². The third-order valence-corrected chi connectivity index (χ3v) is 3.60. The number of carbonyl (C=O) groups is 2. The molecule has 0 spiro atoms. The van der Waals surface area contributed by atoms with Crippen LogP contribution in [-0.4, -0.2) is 30.0 Å². The van der Waals surface area contributed by atoms with E-state index in [1.54, 1.807) is 45.9 Å². The van der Waals surface area contributed by atoms with Crippen molar-refractivity contribution in [1.82, 2.24) is 10.6 Å². The molecule has 7 heteroatoms. The minimum absolute atomic E-state index is 0.0293. The monoisotopic (exact) mass is 334 g/mol. The summed E-state index contributed by atoms with van der Waals surface area (Å²) >= 11 is 0. The number of amides is 2. The largest absolute Gasteiger partial charge is 0.466 e. The molecule has 0 bridgehead atoms. The molecule has 2 aromatic heterocycles. The van der Waals surface area contributed by atoms with Crippen molar-refractivity contribution >= 4 is 11.8 Å². The summed E-state index contributed by atoms with van der Waals surface area (Å²) in [6.45, 7) is 6.52. The Hall–Kier alpha value is -2.54. The number of rotatable bonds is 6. The Morgan fingerprint density at radius 3 is 2.38 bits per heavy atom. The van der Waals surface area contributed by atoms with Crippen LogP contribution in [0.5, 0.6) is 0 Å². The second-order valence-corrected chi connectivity index (χ2v) is 5.97. The average molecular weight is 334 g/mol. The maximum atomic E-state index is 12.0. The lowest BCUT2D eigenvalue weighted by Gasteiger charge is -2.21. The van der Waals surface area contributed by atoms with Gasteiger partial charge >= 0.3 is 0 Å². The van der Waals surface area contributed by atoms with Gasteiger partial charge in [-0.05, 0) is 45.9 Å². The number of aryl methyl sites for hydroxylation is 3. The summed E-state index contributed by atoms with van der Waals surface area (Å²) < 4.78 is 10.7. The van der Waals surface area contributed by atoms with Gasteiger partial charge in [-0.1, -0.05) is 0 Å². The van der Waals surface area contributed by atoms with E-state index in [4.69, 9.17) is 8.83 Å². The zero-order chi connectivity index (χ0) is 17.9. The molecular weight excluding hydrogens is 312 g/mol. The molecule has 24 heavy (non-hydrogen) atoms. The summed E-state index contributed by atoms with van der Waals surface area (Å²) in [6, 6.07) is 5.01. The van der Waals surface area contributed by atoms with E-state index in [9.17, 15) is 14.7 Å². The first-order chi connectivity index (χ1) is 11.2. The predicted molar refractivity (Wildman–Crippen MR) is 86.5 cm³/mol. The molecule has 0 saturated heterocycles. The van der Waals surface area contributed by atoms with E-state index in [1.807, 2.05) is 0 Å². The van der Waals surface area contributed by atoms with Gasteiger partial charge in [-0.2, -0.15) is 0 Å². The van der Waals surface area contributed by atoms with Gasteiger partial charge < -0.3 is 24.6 Å². The highest BCUT2D eigenvalue weighted by Gasteiger charge is 2.27. The van der Waals surface area contributed by atoms with Crippen LogP contribution in [0.2, 0.25) is 0 Å². The fraction of sp³-hybridized carbons (Fsp3) is 0.412. The fourth-order valence-electron chi connectivity index (χ4n) is 2.26. The Morgan fingerprint density at radius 1 is 1.12 bits per heavy atom. The third kappa shape index (κ3) is 4.26. The number of nitrogens with one attached hydrogen (secondary N) is 2. The Labute approximate surface area is 140 Å². The van der Waals surface area contributed by atoms with Crippen molar-refractivity contribution in [3.63, 3.8) is 0 Å². The molecule has 7 nitrogen and oxygen atoms in total. The van der Waals surface area contributed by atoms with E-state index >= 15 is 0 Å². The second-order valence-electron chi connectivity index (χ2n) is 5.97. The van der Waals surface area contributed by atoms with Gasteiger partial charge in [-0.15, -0.1) is 0 Å². The molecule has 0 fully saturated rings. The van der Waals surface area contributed by atoms with Crippen LogP contribution in [-0.2, 0) is 10.4 Å². The third-order valence-electron chi connectivity index (χ3n) is 3.60. The second kappa shape index (κ2) is 6.92. The molecule has 0 aliphatic heterocycles. The van der Waals surface area contributed by atoms with Crippen LogP contribution >= 0.6 is 0 Å². The van der Waals surface area contributed by atoms with E-state index in [2.05, 4.69) is 10.6 Å². The molecule has 0 radical (unpaired) electrons. The van der Waals surface area contributed by atoms with E-state index in [1.165, 1.54) is 0 Å². The van der Waals surface area contributed by atoms with Crippen LogP contribution in [0.15, 0.2) is 27.0 Å². The normalized spacial score (nSPS) is 13.4. The molecule has 2 amide bonds. The lowest BCUT2D eigenvalue weighted by molar-refractivity contribution is -0.121. The number of hydrogen-bond donors (Lipinski definition) is 3. The van der Waals surface area contributed by atoms with Crippen LogP contribution in [0.1, 0.15) is 40.3 Å². The van der Waals surface area contributed by atoms with Crippen LogP contribution in [0.4, 0.5) is 0 Å². The highest BCUT2D eigenvalue weighted by Crippen LogP contribution is 2.21. The first-order valence-electron chi connectivity index (χ1n) is 7.60. The summed E-state index contributed by atoms with van der Waals surface area (Å²) in [6.07, 6.45) is 0. The molecule has 0 aliphatic carbocycles. The van der Waals surface area contributed by atoms with E-state index < -0.39 is 11.5 Å². The molecule has 1 unspecified atom stereocenters. The van der Waals surface area contributed by atoms with Crippen LogP contribution in [0, 0.1) is 20.8 Å². The lowest BCUT2D eigenvalue weighted by atomic mass is 10.0. The number of carbonyl (C=O) groups excluding carboxylic acids is 2. The van der Waals surface area contributed by atoms with Gasteiger partial charge in [0.25, 0.3) is 5.91 Å². The summed E-state index contributed by atoms with van der Waals surface area (Å²) in [5, 5.41) is 15.4. The van der Waals surface area contributed by atoms with Gasteiger partial charge in [-0.25, -0.2) is 0 Å². The molecule has 2 rings (SSSR count). The predicted octanol–water partition coefficient (Wildman–Crippen LogP) is 1.55. The zero-order valence-corrected chi connectivity index (χ0v) is 14.2. The Balaban J connectivity index is 1.83. The van der Waals surface area contributed by atoms with E-state index in [0.29, 0.717) is 28.6 Å². The molecule has 0 aliphatic rings. The fourth-order valence-corrected chi connectivity index (χ4v) is 2.26. The van der Waals surface area contributed by atoms with E-state index in [-0.39, 0.29) is 19.0 Å². The minimum atomic E-state index is -1.33. The summed E-state index contributed by atoms with van der Waals surface area (Å²) in [7, 11) is 0. The molecule has 2 heterocycles.